The summed E-state index contributed by atoms with van der Waals surface area (Å²) >= 11 is 0. The lowest BCUT2D eigenvalue weighted by atomic mass is 9.97. The van der Waals surface area contributed by atoms with Crippen molar-refractivity contribution < 1.29 is 9.18 Å². The third kappa shape index (κ3) is 4.47. The van der Waals surface area contributed by atoms with Crippen LogP contribution in [0.5, 0.6) is 0 Å². The summed E-state index contributed by atoms with van der Waals surface area (Å²) in [5.74, 6) is -0.190. The molecule has 2 aromatic rings. The van der Waals surface area contributed by atoms with Crippen molar-refractivity contribution in [1.82, 2.24) is 16.0 Å². The molecule has 0 spiro atoms. The number of rotatable bonds is 7. The summed E-state index contributed by atoms with van der Waals surface area (Å²) in [6.45, 7) is 3.93. The number of nitrogens with one attached hydrogen (secondary N) is 3. The molecule has 1 saturated heterocycles. The van der Waals surface area contributed by atoms with E-state index in [1.54, 1.807) is 6.07 Å². The molecule has 1 heterocycles. The van der Waals surface area contributed by atoms with Gasteiger partial charge in [-0.15, -0.1) is 0 Å². The van der Waals surface area contributed by atoms with Gasteiger partial charge in [-0.25, -0.2) is 4.39 Å². The normalized spacial score (nSPS) is 22.5. The zero-order chi connectivity index (χ0) is 22.0. The van der Waals surface area contributed by atoms with Gasteiger partial charge in [0.1, 0.15) is 11.9 Å². The molecule has 3 N–H and O–H groups in total. The SMILES string of the molecule is C=C(NC)c1ccc(-c2ccc(C[C@@H](C#N)NC(=O)[C@H]3N[C@@H]4CC[C@H]3C4)c(F)c2)cc1. The molecule has 2 fully saturated rings. The predicted molar refractivity (Wildman–Crippen MR) is 119 cm³/mol. The van der Waals surface area contributed by atoms with Gasteiger partial charge in [-0.3, -0.25) is 4.79 Å². The maximum absolute atomic E-state index is 14.8. The molecule has 5 nitrogen and oxygen atoms in total. The van der Waals surface area contributed by atoms with Gasteiger partial charge in [-0.1, -0.05) is 43.0 Å². The molecule has 160 valence electrons. The summed E-state index contributed by atoms with van der Waals surface area (Å²) in [7, 11) is 1.82. The van der Waals surface area contributed by atoms with Crippen LogP contribution in [0.25, 0.3) is 16.8 Å². The zero-order valence-electron chi connectivity index (χ0n) is 17.6. The van der Waals surface area contributed by atoms with Gasteiger partial charge in [0.2, 0.25) is 5.91 Å². The third-order valence-electron chi connectivity index (χ3n) is 6.46. The highest BCUT2D eigenvalue weighted by molar-refractivity contribution is 5.83. The number of hydrogen-bond donors (Lipinski definition) is 3. The smallest absolute Gasteiger partial charge is 0.238 e. The molecule has 4 atom stereocenters. The fraction of sp³-hybridized carbons (Fsp3) is 0.360. The lowest BCUT2D eigenvalue weighted by Crippen LogP contribution is -2.50. The number of carbonyl (C=O) groups excluding carboxylic acids is 1. The van der Waals surface area contributed by atoms with Crippen molar-refractivity contribution in [3.05, 3.63) is 66.0 Å². The van der Waals surface area contributed by atoms with E-state index in [4.69, 9.17) is 0 Å². The van der Waals surface area contributed by atoms with Crippen molar-refractivity contribution in [2.75, 3.05) is 7.05 Å². The molecular formula is C25H27FN4O. The number of halogens is 1. The first-order valence-corrected chi connectivity index (χ1v) is 10.7. The van der Waals surface area contributed by atoms with Crippen molar-refractivity contribution in [1.29, 1.82) is 5.26 Å². The van der Waals surface area contributed by atoms with Crippen LogP contribution < -0.4 is 16.0 Å². The molecule has 6 heteroatoms. The zero-order valence-corrected chi connectivity index (χ0v) is 17.6. The predicted octanol–water partition coefficient (Wildman–Crippen LogP) is 3.37. The molecule has 2 aromatic carbocycles. The Morgan fingerprint density at radius 1 is 1.26 bits per heavy atom. The Kier molecular flexibility index (Phi) is 6.06. The van der Waals surface area contributed by atoms with Crippen LogP contribution >= 0.6 is 0 Å². The number of amides is 1. The standard InChI is InChI=1S/C25H27FN4O/c1-15(28-2)16-3-5-17(6-4-16)18-7-8-19(23(26)13-18)11-22(14-27)30-25(31)24-20-9-10-21(12-20)29-24/h3-8,13,20-22,24,28-29H,1,9-12H2,2H3,(H,30,31)/t20-,21+,22-,24-/m0/s1. The molecule has 1 amide bonds. The molecule has 31 heavy (non-hydrogen) atoms. The van der Waals surface area contributed by atoms with Crippen molar-refractivity contribution >= 4 is 11.6 Å². The number of nitrogens with zero attached hydrogens (tertiary/aromatic N) is 1. The number of nitriles is 1. The highest BCUT2D eigenvalue weighted by Gasteiger charge is 2.43. The fourth-order valence-corrected chi connectivity index (χ4v) is 4.66. The van der Waals surface area contributed by atoms with Crippen LogP contribution in [-0.2, 0) is 11.2 Å². The van der Waals surface area contributed by atoms with Crippen molar-refractivity contribution in [3.8, 4) is 17.2 Å². The minimum Gasteiger partial charge on any atom is -0.388 e. The molecule has 0 unspecified atom stereocenters. The molecule has 1 saturated carbocycles. The van der Waals surface area contributed by atoms with E-state index in [0.29, 0.717) is 17.5 Å². The van der Waals surface area contributed by atoms with E-state index in [9.17, 15) is 14.4 Å². The maximum Gasteiger partial charge on any atom is 0.238 e. The Hall–Kier alpha value is -3.17. The Balaban J connectivity index is 1.42. The van der Waals surface area contributed by atoms with Gasteiger partial charge in [0, 0.05) is 25.2 Å². The summed E-state index contributed by atoms with van der Waals surface area (Å²) < 4.78 is 14.8. The quantitative estimate of drug-likeness (QED) is 0.644. The number of carbonyl (C=O) groups is 1. The maximum atomic E-state index is 14.8. The van der Waals surface area contributed by atoms with E-state index in [1.165, 1.54) is 6.07 Å². The average Bonchev–Trinajstić information content (AvgIpc) is 3.43. The highest BCUT2D eigenvalue weighted by Crippen LogP contribution is 2.35. The molecule has 1 aliphatic heterocycles. The first-order chi connectivity index (χ1) is 15.0. The third-order valence-corrected chi connectivity index (χ3v) is 6.46. The van der Waals surface area contributed by atoms with E-state index >= 15 is 0 Å². The second-order valence-electron chi connectivity index (χ2n) is 8.42. The number of benzene rings is 2. The summed E-state index contributed by atoms with van der Waals surface area (Å²) in [6.07, 6.45) is 3.32. The van der Waals surface area contributed by atoms with Crippen LogP contribution in [0.4, 0.5) is 4.39 Å². The monoisotopic (exact) mass is 418 g/mol. The molecule has 1 aliphatic carbocycles. The van der Waals surface area contributed by atoms with Crippen LogP contribution in [0.15, 0.2) is 49.0 Å². The summed E-state index contributed by atoms with van der Waals surface area (Å²) in [5, 5.41) is 18.6. The van der Waals surface area contributed by atoms with Gasteiger partial charge in [-0.2, -0.15) is 5.26 Å². The second-order valence-corrected chi connectivity index (χ2v) is 8.42. The molecule has 2 aliphatic rings. The number of hydrogen-bond acceptors (Lipinski definition) is 4. The van der Waals surface area contributed by atoms with E-state index in [2.05, 4.69) is 28.6 Å². The van der Waals surface area contributed by atoms with Gasteiger partial charge < -0.3 is 16.0 Å². The van der Waals surface area contributed by atoms with Crippen LogP contribution in [0.1, 0.15) is 30.4 Å². The van der Waals surface area contributed by atoms with E-state index in [0.717, 1.165) is 41.6 Å². The number of piperidine rings is 1. The minimum atomic E-state index is -0.763. The number of fused-ring (bicyclic) bond motifs is 2. The summed E-state index contributed by atoms with van der Waals surface area (Å²) in [4.78, 5) is 12.6. The molecule has 0 radical (unpaired) electrons. The molecule has 4 rings (SSSR count). The van der Waals surface area contributed by atoms with Crippen molar-refractivity contribution in [2.45, 2.75) is 43.8 Å². The Labute approximate surface area is 182 Å². The van der Waals surface area contributed by atoms with Gasteiger partial charge in [0.15, 0.2) is 0 Å². The van der Waals surface area contributed by atoms with Crippen molar-refractivity contribution in [2.24, 2.45) is 5.92 Å². The van der Waals surface area contributed by atoms with E-state index in [-0.39, 0.29) is 24.2 Å². The van der Waals surface area contributed by atoms with Gasteiger partial charge >= 0.3 is 0 Å². The second kappa shape index (κ2) is 8.91. The molecule has 2 bridgehead atoms. The Bertz CT molecular complexity index is 1030. The fourth-order valence-electron chi connectivity index (χ4n) is 4.66. The summed E-state index contributed by atoms with van der Waals surface area (Å²) in [5.41, 5.74) is 3.85. The Morgan fingerprint density at radius 2 is 2.00 bits per heavy atom. The van der Waals surface area contributed by atoms with E-state index < -0.39 is 6.04 Å². The molecular weight excluding hydrogens is 391 g/mol. The first-order valence-electron chi connectivity index (χ1n) is 10.7. The highest BCUT2D eigenvalue weighted by atomic mass is 19.1. The van der Waals surface area contributed by atoms with Gasteiger partial charge in [0.05, 0.1) is 12.1 Å². The van der Waals surface area contributed by atoms with Crippen LogP contribution in [0, 0.1) is 23.1 Å². The van der Waals surface area contributed by atoms with Crippen molar-refractivity contribution in [3.63, 3.8) is 0 Å². The Morgan fingerprint density at radius 3 is 2.58 bits per heavy atom. The lowest BCUT2D eigenvalue weighted by molar-refractivity contribution is -0.124. The minimum absolute atomic E-state index is 0.135. The van der Waals surface area contributed by atoms with Gasteiger partial charge in [0.25, 0.3) is 0 Å². The van der Waals surface area contributed by atoms with Gasteiger partial charge in [-0.05, 0) is 53.5 Å². The largest absolute Gasteiger partial charge is 0.388 e. The lowest BCUT2D eigenvalue weighted by Gasteiger charge is -2.23. The van der Waals surface area contributed by atoms with Crippen LogP contribution in [0.3, 0.4) is 0 Å². The van der Waals surface area contributed by atoms with E-state index in [1.807, 2.05) is 37.4 Å². The average molecular weight is 419 g/mol. The molecule has 0 aromatic heterocycles. The van der Waals surface area contributed by atoms with Crippen LogP contribution in [-0.4, -0.2) is 31.1 Å². The first kappa shape index (κ1) is 21.1. The van der Waals surface area contributed by atoms with Crippen LogP contribution in [0.2, 0.25) is 0 Å². The summed E-state index contributed by atoms with van der Waals surface area (Å²) in [6, 6.07) is 14.3. The topological polar surface area (TPSA) is 77.0 Å².